The van der Waals surface area contributed by atoms with Gasteiger partial charge in [0.1, 0.15) is 0 Å². The molecule has 0 fully saturated rings. The third-order valence-electron chi connectivity index (χ3n) is 3.28. The lowest BCUT2D eigenvalue weighted by atomic mass is 10.0. The van der Waals surface area contributed by atoms with Crippen molar-refractivity contribution in [3.8, 4) is 5.75 Å². The second-order valence-corrected chi connectivity index (χ2v) is 4.58. The van der Waals surface area contributed by atoms with Gasteiger partial charge in [-0.15, -0.1) is 0 Å². The van der Waals surface area contributed by atoms with Gasteiger partial charge in [-0.05, 0) is 34.9 Å². The van der Waals surface area contributed by atoms with Crippen molar-refractivity contribution in [2.24, 2.45) is 0 Å². The van der Waals surface area contributed by atoms with Crippen LogP contribution in [0.15, 0.2) is 30.3 Å². The molecule has 0 aromatic heterocycles. The van der Waals surface area contributed by atoms with Gasteiger partial charge in [-0.1, -0.05) is 25.1 Å². The number of rotatable bonds is 5. The zero-order chi connectivity index (χ0) is 14.5. The minimum atomic E-state index is -0.364. The summed E-state index contributed by atoms with van der Waals surface area (Å²) >= 11 is 0. The number of hydrogen-bond donors (Lipinski definition) is 1. The molecule has 20 heavy (non-hydrogen) atoms. The second kappa shape index (κ2) is 6.37. The Morgan fingerprint density at radius 1 is 1.35 bits per heavy atom. The number of benzene rings is 2. The highest BCUT2D eigenvalue weighted by molar-refractivity contribution is 5.87. The molecule has 0 spiro atoms. The molecule has 0 radical (unpaired) electrons. The summed E-state index contributed by atoms with van der Waals surface area (Å²) in [4.78, 5) is 11.2. The van der Waals surface area contributed by atoms with Gasteiger partial charge in [0.2, 0.25) is 5.91 Å². The predicted molar refractivity (Wildman–Crippen MR) is 77.5 cm³/mol. The van der Waals surface area contributed by atoms with Crippen LogP contribution in [0.4, 0.5) is 4.39 Å². The second-order valence-electron chi connectivity index (χ2n) is 4.58. The monoisotopic (exact) mass is 275 g/mol. The van der Waals surface area contributed by atoms with Crippen molar-refractivity contribution < 1.29 is 13.9 Å². The molecule has 0 bridgehead atoms. The van der Waals surface area contributed by atoms with E-state index in [9.17, 15) is 9.18 Å². The van der Waals surface area contributed by atoms with Gasteiger partial charge in [0.05, 0.1) is 7.11 Å². The molecule has 0 unspecified atom stereocenters. The van der Waals surface area contributed by atoms with Gasteiger partial charge in [-0.2, -0.15) is 0 Å². The summed E-state index contributed by atoms with van der Waals surface area (Å²) in [5.74, 6) is -0.0900. The van der Waals surface area contributed by atoms with Crippen LogP contribution in [-0.4, -0.2) is 19.6 Å². The molecule has 1 amide bonds. The molecule has 2 rings (SSSR count). The Bertz CT molecular complexity index is 625. The minimum Gasteiger partial charge on any atom is -0.494 e. The molecule has 3 nitrogen and oxygen atoms in total. The quantitative estimate of drug-likeness (QED) is 0.910. The average Bonchev–Trinajstić information content (AvgIpc) is 2.46. The maximum absolute atomic E-state index is 13.7. The fourth-order valence-corrected chi connectivity index (χ4v) is 2.18. The number of carbonyl (C=O) groups is 1. The molecule has 0 aliphatic rings. The first-order valence-electron chi connectivity index (χ1n) is 6.67. The number of carbonyl (C=O) groups excluding carboxylic acids is 1. The van der Waals surface area contributed by atoms with Crippen molar-refractivity contribution in [1.82, 2.24) is 5.32 Å². The van der Waals surface area contributed by atoms with Gasteiger partial charge in [0.25, 0.3) is 0 Å². The normalized spacial score (nSPS) is 10.6. The highest BCUT2D eigenvalue weighted by atomic mass is 19.1. The first-order chi connectivity index (χ1) is 9.65. The fraction of sp³-hybridized carbons (Fsp3) is 0.312. The standard InChI is InChI=1S/C16H18FNO2/c1-3-16(19)18-8-7-11-5-4-6-12-9-14(17)15(20-2)10-13(11)12/h4-6,9-10H,3,7-8H2,1-2H3,(H,18,19). The summed E-state index contributed by atoms with van der Waals surface area (Å²) in [5.41, 5.74) is 1.07. The maximum Gasteiger partial charge on any atom is 0.219 e. The lowest BCUT2D eigenvalue weighted by molar-refractivity contribution is -0.120. The Kier molecular flexibility index (Phi) is 4.56. The molecule has 0 saturated carbocycles. The largest absolute Gasteiger partial charge is 0.494 e. The summed E-state index contributed by atoms with van der Waals surface area (Å²) in [6, 6.07) is 8.93. The smallest absolute Gasteiger partial charge is 0.219 e. The van der Waals surface area contributed by atoms with Crippen LogP contribution in [-0.2, 0) is 11.2 Å². The van der Waals surface area contributed by atoms with Crippen molar-refractivity contribution >= 4 is 16.7 Å². The van der Waals surface area contributed by atoms with E-state index in [0.29, 0.717) is 19.4 Å². The van der Waals surface area contributed by atoms with Crippen LogP contribution in [0.3, 0.4) is 0 Å². The molecular formula is C16H18FNO2. The molecule has 0 heterocycles. The van der Waals surface area contributed by atoms with Crippen molar-refractivity contribution in [2.45, 2.75) is 19.8 Å². The molecule has 0 saturated heterocycles. The summed E-state index contributed by atoms with van der Waals surface area (Å²) < 4.78 is 18.7. The molecule has 0 atom stereocenters. The first-order valence-corrected chi connectivity index (χ1v) is 6.67. The zero-order valence-corrected chi connectivity index (χ0v) is 11.7. The lowest BCUT2D eigenvalue weighted by Crippen LogP contribution is -2.24. The molecule has 2 aromatic carbocycles. The number of nitrogens with one attached hydrogen (secondary N) is 1. The van der Waals surface area contributed by atoms with E-state index < -0.39 is 0 Å². The third kappa shape index (κ3) is 3.07. The number of amides is 1. The molecule has 2 aromatic rings. The highest BCUT2D eigenvalue weighted by Gasteiger charge is 2.08. The molecule has 1 N–H and O–H groups in total. The van der Waals surface area contributed by atoms with Crippen LogP contribution in [0.1, 0.15) is 18.9 Å². The lowest BCUT2D eigenvalue weighted by Gasteiger charge is -2.10. The van der Waals surface area contributed by atoms with Gasteiger partial charge in [0, 0.05) is 13.0 Å². The maximum atomic E-state index is 13.7. The number of hydrogen-bond acceptors (Lipinski definition) is 2. The Morgan fingerprint density at radius 2 is 2.15 bits per heavy atom. The molecule has 4 heteroatoms. The van der Waals surface area contributed by atoms with Crippen molar-refractivity contribution in [1.29, 1.82) is 0 Å². The Balaban J connectivity index is 2.26. The summed E-state index contributed by atoms with van der Waals surface area (Å²) in [6.07, 6.45) is 1.19. The SMILES string of the molecule is CCC(=O)NCCc1cccc2cc(F)c(OC)cc12. The minimum absolute atomic E-state index is 0.0360. The Labute approximate surface area is 117 Å². The van der Waals surface area contributed by atoms with E-state index in [1.54, 1.807) is 6.07 Å². The van der Waals surface area contributed by atoms with Gasteiger partial charge in [0.15, 0.2) is 11.6 Å². The third-order valence-corrected chi connectivity index (χ3v) is 3.28. The molecular weight excluding hydrogens is 257 g/mol. The summed E-state index contributed by atoms with van der Waals surface area (Å²) in [5, 5.41) is 4.63. The number of ether oxygens (including phenoxy) is 1. The van der Waals surface area contributed by atoms with Gasteiger partial charge in [-0.25, -0.2) is 4.39 Å². The van der Waals surface area contributed by atoms with Crippen LogP contribution in [0, 0.1) is 5.82 Å². The van der Waals surface area contributed by atoms with Crippen molar-refractivity contribution in [3.05, 3.63) is 41.7 Å². The van der Waals surface area contributed by atoms with Crippen molar-refractivity contribution in [2.75, 3.05) is 13.7 Å². The van der Waals surface area contributed by atoms with E-state index in [-0.39, 0.29) is 17.5 Å². The first kappa shape index (κ1) is 14.3. The van der Waals surface area contributed by atoms with Crippen LogP contribution in [0.25, 0.3) is 10.8 Å². The molecule has 0 aliphatic carbocycles. The number of halogens is 1. The highest BCUT2D eigenvalue weighted by Crippen LogP contribution is 2.27. The van der Waals surface area contributed by atoms with Gasteiger partial charge in [-0.3, -0.25) is 4.79 Å². The van der Waals surface area contributed by atoms with E-state index in [4.69, 9.17) is 4.74 Å². The average molecular weight is 275 g/mol. The van der Waals surface area contributed by atoms with Gasteiger partial charge < -0.3 is 10.1 Å². The van der Waals surface area contributed by atoms with E-state index in [1.165, 1.54) is 13.2 Å². The predicted octanol–water partition coefficient (Wildman–Crippen LogP) is 3.06. The topological polar surface area (TPSA) is 38.3 Å². The van der Waals surface area contributed by atoms with Crippen LogP contribution < -0.4 is 10.1 Å². The summed E-state index contributed by atoms with van der Waals surface area (Å²) in [6.45, 7) is 2.40. The van der Waals surface area contributed by atoms with Crippen LogP contribution in [0.5, 0.6) is 5.75 Å². The van der Waals surface area contributed by atoms with E-state index in [0.717, 1.165) is 16.3 Å². The zero-order valence-electron chi connectivity index (χ0n) is 11.7. The van der Waals surface area contributed by atoms with E-state index in [2.05, 4.69) is 5.32 Å². The molecule has 106 valence electrons. The molecule has 0 aliphatic heterocycles. The summed E-state index contributed by atoms with van der Waals surface area (Å²) in [7, 11) is 1.45. The number of methoxy groups -OCH3 is 1. The Morgan fingerprint density at radius 3 is 2.85 bits per heavy atom. The van der Waals surface area contributed by atoms with Crippen LogP contribution in [0.2, 0.25) is 0 Å². The van der Waals surface area contributed by atoms with Crippen molar-refractivity contribution in [3.63, 3.8) is 0 Å². The van der Waals surface area contributed by atoms with E-state index >= 15 is 0 Å². The number of fused-ring (bicyclic) bond motifs is 1. The van der Waals surface area contributed by atoms with Crippen LogP contribution >= 0.6 is 0 Å². The van der Waals surface area contributed by atoms with E-state index in [1.807, 2.05) is 25.1 Å². The van der Waals surface area contributed by atoms with Gasteiger partial charge >= 0.3 is 0 Å². The Hall–Kier alpha value is -2.10. The fourth-order valence-electron chi connectivity index (χ4n) is 2.18.